The molecule has 6 nitrogen and oxygen atoms in total. The van der Waals surface area contributed by atoms with Crippen LogP contribution < -0.4 is 14.4 Å². The molecule has 1 aliphatic heterocycles. The minimum Gasteiger partial charge on any atom is -0.497 e. The molecular formula is C17H17ClN2O4S. The molecule has 1 aliphatic rings. The molecule has 0 aromatic heterocycles. The first-order chi connectivity index (χ1) is 11.9. The van der Waals surface area contributed by atoms with E-state index >= 15 is 0 Å². The van der Waals surface area contributed by atoms with Crippen molar-refractivity contribution in [3.05, 3.63) is 53.6 Å². The average Bonchev–Trinajstić information content (AvgIpc) is 2.95. The number of carbonyl (C=O) groups is 1. The van der Waals surface area contributed by atoms with Crippen molar-refractivity contribution in [3.63, 3.8) is 0 Å². The number of amides is 1. The van der Waals surface area contributed by atoms with Gasteiger partial charge in [-0.05, 0) is 48.5 Å². The summed E-state index contributed by atoms with van der Waals surface area (Å²) in [5.41, 5.74) is 0.695. The minimum atomic E-state index is -3.71. The second kappa shape index (κ2) is 7.03. The van der Waals surface area contributed by atoms with E-state index in [0.717, 1.165) is 0 Å². The average molecular weight is 381 g/mol. The lowest BCUT2D eigenvalue weighted by Crippen LogP contribution is -2.37. The third-order valence-corrected chi connectivity index (χ3v) is 5.74. The van der Waals surface area contributed by atoms with Crippen LogP contribution in [0.5, 0.6) is 5.75 Å². The highest BCUT2D eigenvalue weighted by Gasteiger charge is 2.33. The van der Waals surface area contributed by atoms with Crippen molar-refractivity contribution in [3.8, 4) is 5.75 Å². The number of hydrogen-bond acceptors (Lipinski definition) is 4. The largest absolute Gasteiger partial charge is 0.497 e. The summed E-state index contributed by atoms with van der Waals surface area (Å²) in [7, 11) is -2.20. The Labute approximate surface area is 151 Å². The molecule has 3 rings (SSSR count). The maximum Gasteiger partial charge on any atom is 0.240 e. The van der Waals surface area contributed by atoms with Crippen LogP contribution in [0.1, 0.15) is 6.42 Å². The Balaban J connectivity index is 1.72. The number of hydrogen-bond donors (Lipinski definition) is 1. The topological polar surface area (TPSA) is 75.7 Å². The van der Waals surface area contributed by atoms with Crippen LogP contribution in [-0.2, 0) is 14.8 Å². The Kier molecular flexibility index (Phi) is 4.99. The zero-order chi connectivity index (χ0) is 18.0. The zero-order valence-corrected chi connectivity index (χ0v) is 15.0. The van der Waals surface area contributed by atoms with E-state index in [1.165, 1.54) is 19.2 Å². The van der Waals surface area contributed by atoms with Crippen molar-refractivity contribution in [2.75, 3.05) is 18.6 Å². The second-order valence-electron chi connectivity index (χ2n) is 5.68. The molecule has 132 valence electrons. The Morgan fingerprint density at radius 2 is 1.76 bits per heavy atom. The standard InChI is InChI=1S/C17H17ClN2O4S/c1-24-15-6-8-16(9-7-15)25(22,23)19-13-10-17(21)20(11-13)14-4-2-12(18)3-5-14/h2-9,13,19H,10-11H2,1H3. The summed E-state index contributed by atoms with van der Waals surface area (Å²) in [5, 5.41) is 0.576. The highest BCUT2D eigenvalue weighted by molar-refractivity contribution is 7.89. The second-order valence-corrected chi connectivity index (χ2v) is 7.83. The van der Waals surface area contributed by atoms with Crippen LogP contribution in [0.25, 0.3) is 0 Å². The fourth-order valence-electron chi connectivity index (χ4n) is 2.70. The summed E-state index contributed by atoms with van der Waals surface area (Å²) >= 11 is 5.86. The van der Waals surface area contributed by atoms with Gasteiger partial charge in [-0.2, -0.15) is 0 Å². The first-order valence-corrected chi connectivity index (χ1v) is 9.47. The van der Waals surface area contributed by atoms with E-state index in [4.69, 9.17) is 16.3 Å². The van der Waals surface area contributed by atoms with E-state index in [9.17, 15) is 13.2 Å². The Hall–Kier alpha value is -2.09. The smallest absolute Gasteiger partial charge is 0.240 e. The third kappa shape index (κ3) is 3.95. The van der Waals surface area contributed by atoms with Gasteiger partial charge in [0.05, 0.1) is 12.0 Å². The number of ether oxygens (including phenoxy) is 1. The molecule has 1 N–H and O–H groups in total. The molecule has 0 spiro atoms. The van der Waals surface area contributed by atoms with Gasteiger partial charge in [0, 0.05) is 29.7 Å². The molecular weight excluding hydrogens is 364 g/mol. The lowest BCUT2D eigenvalue weighted by Gasteiger charge is -2.17. The monoisotopic (exact) mass is 380 g/mol. The molecule has 25 heavy (non-hydrogen) atoms. The number of anilines is 1. The molecule has 1 unspecified atom stereocenters. The minimum absolute atomic E-state index is 0.109. The number of nitrogens with zero attached hydrogens (tertiary/aromatic N) is 1. The molecule has 2 aromatic rings. The molecule has 2 aromatic carbocycles. The van der Waals surface area contributed by atoms with Gasteiger partial charge in [0.15, 0.2) is 0 Å². The Morgan fingerprint density at radius 1 is 1.12 bits per heavy atom. The highest BCUT2D eigenvalue weighted by Crippen LogP contribution is 2.24. The van der Waals surface area contributed by atoms with E-state index in [1.54, 1.807) is 41.3 Å². The van der Waals surface area contributed by atoms with Gasteiger partial charge in [-0.15, -0.1) is 0 Å². The van der Waals surface area contributed by atoms with Crippen molar-refractivity contribution < 1.29 is 17.9 Å². The molecule has 1 saturated heterocycles. The number of nitrogens with one attached hydrogen (secondary N) is 1. The summed E-state index contributed by atoms with van der Waals surface area (Å²) in [4.78, 5) is 13.9. The number of sulfonamides is 1. The van der Waals surface area contributed by atoms with Crippen LogP contribution in [0.3, 0.4) is 0 Å². The van der Waals surface area contributed by atoms with Crippen molar-refractivity contribution in [1.82, 2.24) is 4.72 Å². The van der Waals surface area contributed by atoms with E-state index in [2.05, 4.69) is 4.72 Å². The number of rotatable bonds is 5. The van der Waals surface area contributed by atoms with E-state index < -0.39 is 16.1 Å². The normalized spacial score (nSPS) is 17.8. The summed E-state index contributed by atoms with van der Waals surface area (Å²) < 4.78 is 32.6. The number of halogens is 1. The number of benzene rings is 2. The maximum absolute atomic E-state index is 12.5. The van der Waals surface area contributed by atoms with Gasteiger partial charge in [0.25, 0.3) is 0 Å². The van der Waals surface area contributed by atoms with Crippen molar-refractivity contribution in [2.45, 2.75) is 17.4 Å². The van der Waals surface area contributed by atoms with Crippen LogP contribution in [0.4, 0.5) is 5.69 Å². The van der Waals surface area contributed by atoms with Gasteiger partial charge in [0.1, 0.15) is 5.75 Å². The van der Waals surface area contributed by atoms with Crippen LogP contribution in [0.15, 0.2) is 53.4 Å². The fourth-order valence-corrected chi connectivity index (χ4v) is 4.05. The summed E-state index contributed by atoms with van der Waals surface area (Å²) in [6, 6.07) is 12.5. The number of carbonyl (C=O) groups excluding carboxylic acids is 1. The van der Waals surface area contributed by atoms with Crippen LogP contribution in [0.2, 0.25) is 5.02 Å². The van der Waals surface area contributed by atoms with E-state index in [1.807, 2.05) is 0 Å². The molecule has 0 saturated carbocycles. The molecule has 1 fully saturated rings. The molecule has 1 atom stereocenters. The Morgan fingerprint density at radius 3 is 2.36 bits per heavy atom. The quantitative estimate of drug-likeness (QED) is 0.864. The fraction of sp³-hybridized carbons (Fsp3) is 0.235. The molecule has 1 heterocycles. The van der Waals surface area contributed by atoms with Crippen molar-refractivity contribution in [2.24, 2.45) is 0 Å². The summed E-state index contributed by atoms with van der Waals surface area (Å²) in [6.07, 6.45) is 0.109. The van der Waals surface area contributed by atoms with Gasteiger partial charge < -0.3 is 9.64 Å². The SMILES string of the molecule is COc1ccc(S(=O)(=O)NC2CC(=O)N(c3ccc(Cl)cc3)C2)cc1. The van der Waals surface area contributed by atoms with Gasteiger partial charge in [-0.25, -0.2) is 13.1 Å². The van der Waals surface area contributed by atoms with Crippen LogP contribution in [-0.4, -0.2) is 34.0 Å². The van der Waals surface area contributed by atoms with Gasteiger partial charge in [-0.3, -0.25) is 4.79 Å². The van der Waals surface area contributed by atoms with Gasteiger partial charge in [0.2, 0.25) is 15.9 Å². The van der Waals surface area contributed by atoms with E-state index in [0.29, 0.717) is 16.5 Å². The Bertz CT molecular complexity index is 867. The lowest BCUT2D eigenvalue weighted by atomic mass is 10.3. The van der Waals surface area contributed by atoms with Crippen molar-refractivity contribution >= 4 is 33.2 Å². The molecule has 1 amide bonds. The third-order valence-electron chi connectivity index (χ3n) is 3.95. The van der Waals surface area contributed by atoms with E-state index in [-0.39, 0.29) is 23.8 Å². The summed E-state index contributed by atoms with van der Waals surface area (Å²) in [6.45, 7) is 0.274. The van der Waals surface area contributed by atoms with Gasteiger partial charge >= 0.3 is 0 Å². The predicted octanol–water partition coefficient (Wildman–Crippen LogP) is 2.43. The van der Waals surface area contributed by atoms with Gasteiger partial charge in [-0.1, -0.05) is 11.6 Å². The van der Waals surface area contributed by atoms with Crippen LogP contribution in [0, 0.1) is 0 Å². The van der Waals surface area contributed by atoms with Crippen LogP contribution >= 0.6 is 11.6 Å². The number of methoxy groups -OCH3 is 1. The molecule has 0 aliphatic carbocycles. The first-order valence-electron chi connectivity index (χ1n) is 7.61. The van der Waals surface area contributed by atoms with Crippen molar-refractivity contribution in [1.29, 1.82) is 0 Å². The predicted molar refractivity (Wildman–Crippen MR) is 95.5 cm³/mol. The molecule has 8 heteroatoms. The molecule has 0 bridgehead atoms. The lowest BCUT2D eigenvalue weighted by molar-refractivity contribution is -0.117. The zero-order valence-electron chi connectivity index (χ0n) is 13.5. The highest BCUT2D eigenvalue weighted by atomic mass is 35.5. The molecule has 0 radical (unpaired) electrons. The maximum atomic E-state index is 12.5. The first kappa shape index (κ1) is 17.7. The summed E-state index contributed by atoms with van der Waals surface area (Å²) in [5.74, 6) is 0.439.